The second-order valence-electron chi connectivity index (χ2n) is 6.85. The molecule has 0 rings (SSSR count). The SMILES string of the molecule is CCC.CSC(C)C.SCCNCCCNCCCCNCCCNCCS. The summed E-state index contributed by atoms with van der Waals surface area (Å²) in [7, 11) is 0. The van der Waals surface area contributed by atoms with Gasteiger partial charge in [-0.25, -0.2) is 0 Å². The van der Waals surface area contributed by atoms with E-state index in [1.807, 2.05) is 11.8 Å². The van der Waals surface area contributed by atoms with Gasteiger partial charge in [0, 0.05) is 24.6 Å². The van der Waals surface area contributed by atoms with E-state index in [1.54, 1.807) is 0 Å². The lowest BCUT2D eigenvalue weighted by molar-refractivity contribution is 0.552. The zero-order valence-electron chi connectivity index (χ0n) is 19.5. The zero-order chi connectivity index (χ0) is 21.7. The molecule has 0 saturated heterocycles. The van der Waals surface area contributed by atoms with E-state index in [0.717, 1.165) is 69.1 Å². The third-order valence-corrected chi connectivity index (χ3v) is 4.81. The van der Waals surface area contributed by atoms with Crippen molar-refractivity contribution in [1.82, 2.24) is 21.3 Å². The molecule has 0 bridgehead atoms. The van der Waals surface area contributed by atoms with Gasteiger partial charge in [-0.1, -0.05) is 34.1 Å². The summed E-state index contributed by atoms with van der Waals surface area (Å²) < 4.78 is 0. The van der Waals surface area contributed by atoms with Crippen LogP contribution in [0.2, 0.25) is 0 Å². The number of nitrogens with one attached hydrogen (secondary N) is 4. The minimum atomic E-state index is 0.801. The molecular formula is C21H52N4S3. The lowest BCUT2D eigenvalue weighted by atomic mass is 10.3. The number of rotatable bonds is 18. The third kappa shape index (κ3) is 45.6. The van der Waals surface area contributed by atoms with Crippen LogP contribution in [-0.2, 0) is 0 Å². The quantitative estimate of drug-likeness (QED) is 0.139. The highest BCUT2D eigenvalue weighted by atomic mass is 32.2. The summed E-state index contributed by atoms with van der Waals surface area (Å²) in [5.41, 5.74) is 0. The fraction of sp³-hybridized carbons (Fsp3) is 1.00. The number of hydrogen-bond acceptors (Lipinski definition) is 7. The topological polar surface area (TPSA) is 48.1 Å². The summed E-state index contributed by atoms with van der Waals surface area (Å²) in [6, 6.07) is 0. The summed E-state index contributed by atoms with van der Waals surface area (Å²) in [4.78, 5) is 0. The van der Waals surface area contributed by atoms with Gasteiger partial charge in [-0.3, -0.25) is 0 Å². The Hall–Kier alpha value is 0.890. The zero-order valence-corrected chi connectivity index (χ0v) is 22.1. The van der Waals surface area contributed by atoms with Gasteiger partial charge in [0.25, 0.3) is 0 Å². The molecule has 0 heterocycles. The van der Waals surface area contributed by atoms with Crippen LogP contribution in [0.15, 0.2) is 0 Å². The van der Waals surface area contributed by atoms with Crippen molar-refractivity contribution in [3.63, 3.8) is 0 Å². The Labute approximate surface area is 193 Å². The van der Waals surface area contributed by atoms with Crippen LogP contribution in [-0.4, -0.2) is 75.4 Å². The smallest absolute Gasteiger partial charge is 0.00397 e. The van der Waals surface area contributed by atoms with Gasteiger partial charge in [-0.15, -0.1) is 0 Å². The molecule has 0 fully saturated rings. The number of thioether (sulfide) groups is 1. The van der Waals surface area contributed by atoms with E-state index in [0.29, 0.717) is 0 Å². The van der Waals surface area contributed by atoms with Gasteiger partial charge in [0.1, 0.15) is 0 Å². The van der Waals surface area contributed by atoms with Crippen LogP contribution in [0.4, 0.5) is 0 Å². The van der Waals surface area contributed by atoms with Crippen LogP contribution in [0.1, 0.15) is 59.8 Å². The molecule has 28 heavy (non-hydrogen) atoms. The normalized spacial score (nSPS) is 10.3. The largest absolute Gasteiger partial charge is 0.317 e. The van der Waals surface area contributed by atoms with Gasteiger partial charge in [0.05, 0.1) is 0 Å². The van der Waals surface area contributed by atoms with Gasteiger partial charge in [-0.2, -0.15) is 37.0 Å². The van der Waals surface area contributed by atoms with Crippen LogP contribution in [0, 0.1) is 0 Å². The van der Waals surface area contributed by atoms with E-state index in [4.69, 9.17) is 0 Å². The molecule has 0 aliphatic heterocycles. The maximum Gasteiger partial charge on any atom is 0.00397 e. The highest BCUT2D eigenvalue weighted by Crippen LogP contribution is 2.00. The Balaban J connectivity index is -0.000000657. The highest BCUT2D eigenvalue weighted by molar-refractivity contribution is 7.99. The molecule has 0 saturated carbocycles. The molecule has 0 amide bonds. The Bertz CT molecular complexity index is 218. The van der Waals surface area contributed by atoms with Crippen molar-refractivity contribution in [2.45, 2.75) is 65.0 Å². The summed E-state index contributed by atoms with van der Waals surface area (Å²) in [6.45, 7) is 17.3. The molecule has 0 aliphatic rings. The molecule has 0 aromatic rings. The van der Waals surface area contributed by atoms with Gasteiger partial charge >= 0.3 is 0 Å². The molecule has 0 unspecified atom stereocenters. The predicted molar refractivity (Wildman–Crippen MR) is 142 cm³/mol. The van der Waals surface area contributed by atoms with Gasteiger partial charge < -0.3 is 21.3 Å². The fourth-order valence-electron chi connectivity index (χ4n) is 1.83. The number of unbranched alkanes of at least 4 members (excludes halogenated alkanes) is 1. The van der Waals surface area contributed by atoms with E-state index < -0.39 is 0 Å². The summed E-state index contributed by atoms with van der Waals surface area (Å²) in [5, 5.41) is 14.5. The molecule has 0 aromatic heterocycles. The second kappa shape index (κ2) is 35.3. The van der Waals surface area contributed by atoms with Crippen molar-refractivity contribution in [3.8, 4) is 0 Å². The standard InChI is InChI=1S/C14H34N4S2.C4H10S.C3H8/c19-13-11-17-9-3-7-15-5-1-2-6-16-8-4-10-18-12-14-20;1-4(2)5-3;1-3-2/h15-20H,1-14H2;4H,1-3H3;3H2,1-2H3. The maximum atomic E-state index is 4.16. The minimum absolute atomic E-state index is 0.801. The van der Waals surface area contributed by atoms with Crippen molar-refractivity contribution in [2.24, 2.45) is 0 Å². The van der Waals surface area contributed by atoms with Crippen molar-refractivity contribution in [3.05, 3.63) is 0 Å². The maximum absolute atomic E-state index is 4.16. The molecule has 0 aromatic carbocycles. The first-order valence-electron chi connectivity index (χ1n) is 11.2. The van der Waals surface area contributed by atoms with E-state index in [2.05, 4.69) is 80.5 Å². The van der Waals surface area contributed by atoms with Crippen LogP contribution < -0.4 is 21.3 Å². The number of hydrogen-bond donors (Lipinski definition) is 6. The fourth-order valence-corrected chi connectivity index (χ4v) is 2.15. The third-order valence-electron chi connectivity index (χ3n) is 3.42. The molecule has 4 nitrogen and oxygen atoms in total. The van der Waals surface area contributed by atoms with Gasteiger partial charge in [-0.05, 0) is 76.5 Å². The Morgan fingerprint density at radius 2 is 0.857 bits per heavy atom. The molecule has 7 heteroatoms. The average molecular weight is 457 g/mol. The van der Waals surface area contributed by atoms with E-state index in [9.17, 15) is 0 Å². The monoisotopic (exact) mass is 456 g/mol. The highest BCUT2D eigenvalue weighted by Gasteiger charge is 1.91. The predicted octanol–water partition coefficient (Wildman–Crippen LogP) is 3.94. The van der Waals surface area contributed by atoms with Gasteiger partial charge in [0.2, 0.25) is 0 Å². The molecule has 0 atom stereocenters. The summed E-state index contributed by atoms with van der Waals surface area (Å²) in [6.07, 6.45) is 8.28. The van der Waals surface area contributed by atoms with E-state index >= 15 is 0 Å². The average Bonchev–Trinajstić information content (AvgIpc) is 2.68. The van der Waals surface area contributed by atoms with Crippen molar-refractivity contribution in [2.75, 3.05) is 70.1 Å². The summed E-state index contributed by atoms with van der Waals surface area (Å²) >= 11 is 10.2. The van der Waals surface area contributed by atoms with Crippen LogP contribution >= 0.6 is 37.0 Å². The van der Waals surface area contributed by atoms with E-state index in [1.165, 1.54) is 32.1 Å². The Kier molecular flexibility index (Phi) is 42.3. The molecular weight excluding hydrogens is 404 g/mol. The van der Waals surface area contributed by atoms with Gasteiger partial charge in [0.15, 0.2) is 0 Å². The lowest BCUT2D eigenvalue weighted by Gasteiger charge is -2.07. The molecule has 4 N–H and O–H groups in total. The van der Waals surface area contributed by atoms with Crippen LogP contribution in [0.3, 0.4) is 0 Å². The summed E-state index contributed by atoms with van der Waals surface area (Å²) in [5.74, 6) is 1.84. The van der Waals surface area contributed by atoms with E-state index in [-0.39, 0.29) is 0 Å². The molecule has 0 aliphatic carbocycles. The first kappa shape index (κ1) is 33.5. The van der Waals surface area contributed by atoms with Crippen molar-refractivity contribution in [1.29, 1.82) is 0 Å². The van der Waals surface area contributed by atoms with Crippen molar-refractivity contribution < 1.29 is 0 Å². The molecule has 0 radical (unpaired) electrons. The number of thiol groups is 2. The molecule has 0 spiro atoms. The van der Waals surface area contributed by atoms with Crippen LogP contribution in [0.25, 0.3) is 0 Å². The lowest BCUT2D eigenvalue weighted by Crippen LogP contribution is -2.25. The minimum Gasteiger partial charge on any atom is -0.317 e. The van der Waals surface area contributed by atoms with Crippen molar-refractivity contribution >= 4 is 37.0 Å². The van der Waals surface area contributed by atoms with Crippen LogP contribution in [0.5, 0.6) is 0 Å². The first-order chi connectivity index (χ1) is 13.6. The Morgan fingerprint density at radius 3 is 1.11 bits per heavy atom. The molecule has 174 valence electrons. The first-order valence-corrected chi connectivity index (χ1v) is 13.7. The second-order valence-corrected chi connectivity index (χ2v) is 9.16. The Morgan fingerprint density at radius 1 is 0.607 bits per heavy atom.